The predicted octanol–water partition coefficient (Wildman–Crippen LogP) is 4.47. The summed E-state index contributed by atoms with van der Waals surface area (Å²) in [6, 6.07) is 20.5. The first kappa shape index (κ1) is 20.2. The smallest absolute Gasteiger partial charge is 0.142 e. The van der Waals surface area contributed by atoms with E-state index in [4.69, 9.17) is 4.84 Å². The molecule has 0 atom stereocenters. The topological polar surface area (TPSA) is 72.5 Å². The van der Waals surface area contributed by atoms with E-state index in [2.05, 4.69) is 33.4 Å². The van der Waals surface area contributed by atoms with Gasteiger partial charge < -0.3 is 9.94 Å². The highest BCUT2D eigenvalue weighted by atomic mass is 16.6. The summed E-state index contributed by atoms with van der Waals surface area (Å²) in [7, 11) is 0. The Labute approximate surface area is 186 Å². The zero-order valence-corrected chi connectivity index (χ0v) is 17.7. The number of aromatic nitrogens is 3. The third kappa shape index (κ3) is 4.05. The summed E-state index contributed by atoms with van der Waals surface area (Å²) in [5.41, 5.74) is 8.67. The Kier molecular flexibility index (Phi) is 5.77. The molecule has 0 bridgehead atoms. The zero-order chi connectivity index (χ0) is 21.8. The van der Waals surface area contributed by atoms with Gasteiger partial charge in [-0.3, -0.25) is 9.67 Å². The number of aliphatic hydroxyl groups excluding tert-OH is 1. The number of oxime groups is 1. The molecule has 2 heterocycles. The Morgan fingerprint density at radius 2 is 1.78 bits per heavy atom. The lowest BCUT2D eigenvalue weighted by Crippen LogP contribution is -2.05. The lowest BCUT2D eigenvalue weighted by atomic mass is 9.98. The lowest BCUT2D eigenvalue weighted by Gasteiger charge is -2.10. The molecular weight excluding hydrogens is 400 g/mol. The summed E-state index contributed by atoms with van der Waals surface area (Å²) in [6.45, 7) is 0.946. The Morgan fingerprint density at radius 3 is 2.59 bits per heavy atom. The molecule has 0 radical (unpaired) electrons. The van der Waals surface area contributed by atoms with Gasteiger partial charge >= 0.3 is 0 Å². The van der Waals surface area contributed by atoms with Crippen LogP contribution in [-0.2, 0) is 24.4 Å². The van der Waals surface area contributed by atoms with Crippen molar-refractivity contribution < 1.29 is 9.94 Å². The van der Waals surface area contributed by atoms with Gasteiger partial charge in [0.25, 0.3) is 0 Å². The van der Waals surface area contributed by atoms with Crippen molar-refractivity contribution in [1.29, 1.82) is 0 Å². The molecule has 1 aliphatic rings. The Morgan fingerprint density at radius 1 is 0.938 bits per heavy atom. The quantitative estimate of drug-likeness (QED) is 0.444. The second-order valence-corrected chi connectivity index (χ2v) is 7.76. The molecule has 5 rings (SSSR count). The second kappa shape index (κ2) is 9.16. The molecule has 0 aliphatic heterocycles. The maximum Gasteiger partial charge on any atom is 0.142 e. The number of hydrogen-bond donors (Lipinski definition) is 1. The molecule has 0 amide bonds. The Bertz CT molecular complexity index is 1230. The normalized spacial score (nSPS) is 14.0. The Hall–Kier alpha value is -3.77. The molecule has 4 aromatic rings. The van der Waals surface area contributed by atoms with Crippen LogP contribution in [0.3, 0.4) is 0 Å². The standard InChI is InChI=1S/C26H24N4O2/c31-15-14-30-26(20-10-12-27-13-11-20)24(17-28-30)22-6-8-23-21(16-22)7-9-25(23)29-32-18-19-4-2-1-3-5-19/h1-6,8,10-13,16-17,31H,7,9,14-15,18H2/b29-25-. The minimum absolute atomic E-state index is 0.0339. The van der Waals surface area contributed by atoms with Gasteiger partial charge in [-0.1, -0.05) is 53.7 Å². The van der Waals surface area contributed by atoms with Crippen molar-refractivity contribution in [1.82, 2.24) is 14.8 Å². The minimum atomic E-state index is 0.0339. The number of benzene rings is 2. The van der Waals surface area contributed by atoms with Crippen LogP contribution >= 0.6 is 0 Å². The highest BCUT2D eigenvalue weighted by Crippen LogP contribution is 2.35. The van der Waals surface area contributed by atoms with E-state index in [1.165, 1.54) is 5.56 Å². The number of aliphatic hydroxyl groups is 1. The summed E-state index contributed by atoms with van der Waals surface area (Å²) in [4.78, 5) is 9.76. The fourth-order valence-electron chi connectivity index (χ4n) is 4.17. The van der Waals surface area contributed by atoms with Gasteiger partial charge in [-0.15, -0.1) is 0 Å². The molecule has 2 aromatic carbocycles. The fraction of sp³-hybridized carbons (Fsp3) is 0.192. The number of fused-ring (bicyclic) bond motifs is 1. The summed E-state index contributed by atoms with van der Waals surface area (Å²) >= 11 is 0. The number of nitrogens with zero attached hydrogens (tertiary/aromatic N) is 4. The molecule has 6 heteroatoms. The van der Waals surface area contributed by atoms with Gasteiger partial charge in [0.1, 0.15) is 6.61 Å². The molecular formula is C26H24N4O2. The van der Waals surface area contributed by atoms with E-state index in [1.807, 2.05) is 53.3 Å². The van der Waals surface area contributed by atoms with E-state index >= 15 is 0 Å². The largest absolute Gasteiger partial charge is 0.394 e. The van der Waals surface area contributed by atoms with E-state index in [1.54, 1.807) is 12.4 Å². The van der Waals surface area contributed by atoms with Gasteiger partial charge in [0.2, 0.25) is 0 Å². The number of pyridine rings is 1. The monoisotopic (exact) mass is 424 g/mol. The molecule has 1 N–H and O–H groups in total. The van der Waals surface area contributed by atoms with E-state index in [9.17, 15) is 5.11 Å². The minimum Gasteiger partial charge on any atom is -0.394 e. The van der Waals surface area contributed by atoms with Gasteiger partial charge in [0.05, 0.1) is 30.8 Å². The first-order valence-electron chi connectivity index (χ1n) is 10.8. The van der Waals surface area contributed by atoms with E-state index in [0.717, 1.165) is 52.1 Å². The van der Waals surface area contributed by atoms with Crippen LogP contribution in [0.1, 0.15) is 23.1 Å². The van der Waals surface area contributed by atoms with Crippen molar-refractivity contribution in [2.45, 2.75) is 26.0 Å². The van der Waals surface area contributed by atoms with Crippen molar-refractivity contribution in [3.05, 3.63) is 95.9 Å². The lowest BCUT2D eigenvalue weighted by molar-refractivity contribution is 0.130. The van der Waals surface area contributed by atoms with Crippen LogP contribution < -0.4 is 0 Å². The average molecular weight is 425 g/mol. The van der Waals surface area contributed by atoms with Gasteiger partial charge in [0, 0.05) is 29.1 Å². The third-order valence-electron chi connectivity index (χ3n) is 5.71. The van der Waals surface area contributed by atoms with E-state index in [0.29, 0.717) is 13.2 Å². The Balaban J connectivity index is 1.42. The SMILES string of the molecule is OCCn1ncc(-c2ccc3c(c2)CC/C3=N/OCc2ccccc2)c1-c1ccncc1. The average Bonchev–Trinajstić information content (AvgIpc) is 3.44. The summed E-state index contributed by atoms with van der Waals surface area (Å²) in [5.74, 6) is 0. The third-order valence-corrected chi connectivity index (χ3v) is 5.71. The zero-order valence-electron chi connectivity index (χ0n) is 17.7. The van der Waals surface area contributed by atoms with E-state index in [-0.39, 0.29) is 6.61 Å². The van der Waals surface area contributed by atoms with Gasteiger partial charge in [0.15, 0.2) is 0 Å². The molecule has 0 fully saturated rings. The van der Waals surface area contributed by atoms with Crippen LogP contribution in [0, 0.1) is 0 Å². The van der Waals surface area contributed by atoms with E-state index < -0.39 is 0 Å². The maximum absolute atomic E-state index is 9.47. The molecule has 0 spiro atoms. The molecule has 1 aliphatic carbocycles. The highest BCUT2D eigenvalue weighted by molar-refractivity contribution is 6.04. The second-order valence-electron chi connectivity index (χ2n) is 7.76. The molecule has 0 unspecified atom stereocenters. The number of aryl methyl sites for hydroxylation is 1. The molecule has 0 saturated heterocycles. The first-order chi connectivity index (χ1) is 15.8. The van der Waals surface area contributed by atoms with Crippen molar-refractivity contribution in [3.63, 3.8) is 0 Å². The number of hydrogen-bond acceptors (Lipinski definition) is 5. The molecule has 0 saturated carbocycles. The molecule has 160 valence electrons. The molecule has 2 aromatic heterocycles. The van der Waals surface area contributed by atoms with Crippen LogP contribution in [0.2, 0.25) is 0 Å². The molecule has 6 nitrogen and oxygen atoms in total. The summed E-state index contributed by atoms with van der Waals surface area (Å²) < 4.78 is 1.85. The van der Waals surface area contributed by atoms with Gasteiger partial charge in [-0.05, 0) is 41.7 Å². The number of rotatable bonds is 7. The first-order valence-corrected chi connectivity index (χ1v) is 10.8. The van der Waals surface area contributed by atoms with Crippen molar-refractivity contribution in [2.24, 2.45) is 5.16 Å². The summed E-state index contributed by atoms with van der Waals surface area (Å²) in [6.07, 6.45) is 7.23. The fourth-order valence-corrected chi connectivity index (χ4v) is 4.17. The van der Waals surface area contributed by atoms with Gasteiger partial charge in [-0.25, -0.2) is 0 Å². The van der Waals surface area contributed by atoms with Crippen LogP contribution in [0.15, 0.2) is 84.4 Å². The van der Waals surface area contributed by atoms with Crippen LogP contribution in [0.5, 0.6) is 0 Å². The summed E-state index contributed by atoms with van der Waals surface area (Å²) in [5, 5.41) is 18.4. The molecule has 32 heavy (non-hydrogen) atoms. The highest BCUT2D eigenvalue weighted by Gasteiger charge is 2.21. The van der Waals surface area contributed by atoms with Gasteiger partial charge in [-0.2, -0.15) is 5.10 Å². The maximum atomic E-state index is 9.47. The van der Waals surface area contributed by atoms with Crippen molar-refractivity contribution in [3.8, 4) is 22.4 Å². The van der Waals surface area contributed by atoms with Crippen LogP contribution in [0.4, 0.5) is 0 Å². The predicted molar refractivity (Wildman–Crippen MR) is 124 cm³/mol. The van der Waals surface area contributed by atoms with Crippen molar-refractivity contribution in [2.75, 3.05) is 6.61 Å². The van der Waals surface area contributed by atoms with Crippen LogP contribution in [-0.4, -0.2) is 32.2 Å². The van der Waals surface area contributed by atoms with Crippen LogP contribution in [0.25, 0.3) is 22.4 Å². The van der Waals surface area contributed by atoms with Crippen molar-refractivity contribution >= 4 is 5.71 Å².